The van der Waals surface area contributed by atoms with Gasteiger partial charge >= 0.3 is 12.1 Å². The van der Waals surface area contributed by atoms with Gasteiger partial charge in [0.15, 0.2) is 0 Å². The molecule has 0 aromatic carbocycles. The molecule has 1 N–H and O–H groups in total. The Labute approximate surface area is 75.0 Å². The number of carbonyl (C=O) groups excluding carboxylic acids is 2. The fraction of sp³-hybridized carbons (Fsp3) is 0.714. The lowest BCUT2D eigenvalue weighted by atomic mass is 10.1. The Balaban J connectivity index is 2.07. The fourth-order valence-corrected chi connectivity index (χ4v) is 1.64. The van der Waals surface area contributed by atoms with Gasteiger partial charge in [-0.2, -0.15) is 0 Å². The lowest BCUT2D eigenvalue weighted by Gasteiger charge is -2.27. The van der Waals surface area contributed by atoms with Crippen LogP contribution in [0.25, 0.3) is 0 Å². The molecule has 0 aliphatic carbocycles. The Morgan fingerprint density at radius 3 is 2.23 bits per heavy atom. The van der Waals surface area contributed by atoms with Gasteiger partial charge < -0.3 is 5.32 Å². The number of rotatable bonds is 1. The normalized spacial score (nSPS) is 24.5. The van der Waals surface area contributed by atoms with Gasteiger partial charge in [0, 0.05) is 6.04 Å². The molecule has 2 aliphatic rings. The Hall–Kier alpha value is -1.30. The molecular weight excluding hydrogens is 172 g/mol. The number of hydrogen-bond acceptors (Lipinski definition) is 3. The predicted molar refractivity (Wildman–Crippen MR) is 43.4 cm³/mol. The van der Waals surface area contributed by atoms with Crippen LogP contribution in [0.3, 0.4) is 0 Å². The van der Waals surface area contributed by atoms with Gasteiger partial charge in [0.25, 0.3) is 0 Å². The van der Waals surface area contributed by atoms with Gasteiger partial charge in [-0.05, 0) is 25.9 Å². The standard InChI is InChI=1S/C7H10N4O2/c12-6-9-10-7(13)11(6)5-1-3-8-4-2-5/h5,8H,1-4H2. The van der Waals surface area contributed by atoms with Crippen molar-refractivity contribution in [2.24, 2.45) is 10.2 Å². The smallest absolute Gasteiger partial charge is 0.317 e. The number of nitrogens with zero attached hydrogens (tertiary/aromatic N) is 3. The second-order valence-corrected chi connectivity index (χ2v) is 3.12. The zero-order valence-electron chi connectivity index (χ0n) is 7.06. The first kappa shape index (κ1) is 8.31. The number of imide groups is 1. The molecule has 2 rings (SSSR count). The predicted octanol–water partition coefficient (Wildman–Crippen LogP) is 0.746. The summed E-state index contributed by atoms with van der Waals surface area (Å²) in [5.41, 5.74) is 0. The zero-order chi connectivity index (χ0) is 9.26. The third-order valence-electron chi connectivity index (χ3n) is 2.31. The number of carbonyl (C=O) groups is 2. The largest absolute Gasteiger partial charge is 0.370 e. The van der Waals surface area contributed by atoms with Crippen molar-refractivity contribution >= 4 is 12.1 Å². The van der Waals surface area contributed by atoms with Crippen LogP contribution >= 0.6 is 0 Å². The molecular formula is C7H10N4O2. The van der Waals surface area contributed by atoms with E-state index in [0.717, 1.165) is 30.8 Å². The SMILES string of the molecule is O=C1N=NC(=O)N1C1CCNCC1. The van der Waals surface area contributed by atoms with Crippen LogP contribution in [0.2, 0.25) is 0 Å². The Kier molecular flexibility index (Phi) is 2.05. The van der Waals surface area contributed by atoms with Crippen molar-refractivity contribution in [2.45, 2.75) is 18.9 Å². The van der Waals surface area contributed by atoms with Crippen LogP contribution in [0.5, 0.6) is 0 Å². The number of hydrogen-bond donors (Lipinski definition) is 1. The minimum absolute atomic E-state index is 0.0174. The molecule has 0 radical (unpaired) electrons. The summed E-state index contributed by atoms with van der Waals surface area (Å²) in [4.78, 5) is 23.4. The van der Waals surface area contributed by atoms with Crippen LogP contribution in [0.4, 0.5) is 9.59 Å². The molecule has 0 aromatic heterocycles. The van der Waals surface area contributed by atoms with Gasteiger partial charge in [-0.1, -0.05) is 10.2 Å². The summed E-state index contributed by atoms with van der Waals surface area (Å²) in [5.74, 6) is 0. The highest BCUT2D eigenvalue weighted by Gasteiger charge is 2.34. The third kappa shape index (κ3) is 1.44. The van der Waals surface area contributed by atoms with Crippen molar-refractivity contribution in [3.63, 3.8) is 0 Å². The van der Waals surface area contributed by atoms with Crippen molar-refractivity contribution < 1.29 is 9.59 Å². The molecule has 4 amide bonds. The van der Waals surface area contributed by atoms with Gasteiger partial charge in [-0.15, -0.1) is 0 Å². The van der Waals surface area contributed by atoms with Gasteiger partial charge in [0.1, 0.15) is 0 Å². The minimum atomic E-state index is -0.517. The third-order valence-corrected chi connectivity index (χ3v) is 2.31. The summed E-state index contributed by atoms with van der Waals surface area (Å²) in [6, 6.07) is -1.05. The van der Waals surface area contributed by atoms with E-state index < -0.39 is 12.1 Å². The second kappa shape index (κ2) is 3.21. The molecule has 1 fully saturated rings. The molecule has 70 valence electrons. The van der Waals surface area contributed by atoms with Crippen molar-refractivity contribution in [3.8, 4) is 0 Å². The average Bonchev–Trinajstić information content (AvgIpc) is 2.48. The molecule has 0 atom stereocenters. The molecule has 0 bridgehead atoms. The van der Waals surface area contributed by atoms with Crippen molar-refractivity contribution in [1.82, 2.24) is 10.2 Å². The van der Waals surface area contributed by atoms with Crippen LogP contribution in [-0.2, 0) is 0 Å². The van der Waals surface area contributed by atoms with E-state index in [1.54, 1.807) is 0 Å². The van der Waals surface area contributed by atoms with E-state index >= 15 is 0 Å². The summed E-state index contributed by atoms with van der Waals surface area (Å²) >= 11 is 0. The number of nitrogens with one attached hydrogen (secondary N) is 1. The van der Waals surface area contributed by atoms with Gasteiger partial charge in [-0.3, -0.25) is 0 Å². The van der Waals surface area contributed by atoms with E-state index in [1.807, 2.05) is 0 Å². The molecule has 6 nitrogen and oxygen atoms in total. The maximum Gasteiger partial charge on any atom is 0.370 e. The number of urea groups is 2. The van der Waals surface area contributed by atoms with Crippen LogP contribution in [-0.4, -0.2) is 36.1 Å². The monoisotopic (exact) mass is 182 g/mol. The number of piperidine rings is 1. The molecule has 1 saturated heterocycles. The lowest BCUT2D eigenvalue weighted by Crippen LogP contribution is -2.45. The molecule has 13 heavy (non-hydrogen) atoms. The Morgan fingerprint density at radius 1 is 1.15 bits per heavy atom. The highest BCUT2D eigenvalue weighted by atomic mass is 16.2. The van der Waals surface area contributed by atoms with E-state index in [4.69, 9.17) is 0 Å². The van der Waals surface area contributed by atoms with Crippen molar-refractivity contribution in [2.75, 3.05) is 13.1 Å². The van der Waals surface area contributed by atoms with Crippen LogP contribution in [0.1, 0.15) is 12.8 Å². The highest BCUT2D eigenvalue weighted by Crippen LogP contribution is 2.18. The first-order valence-corrected chi connectivity index (χ1v) is 4.28. The highest BCUT2D eigenvalue weighted by molar-refractivity contribution is 5.98. The fourth-order valence-electron chi connectivity index (χ4n) is 1.64. The summed E-state index contributed by atoms with van der Waals surface area (Å²) in [5, 5.41) is 9.59. The van der Waals surface area contributed by atoms with Crippen LogP contribution in [0.15, 0.2) is 10.2 Å². The van der Waals surface area contributed by atoms with Gasteiger partial charge in [0.2, 0.25) is 0 Å². The minimum Gasteiger partial charge on any atom is -0.317 e. The maximum absolute atomic E-state index is 11.1. The van der Waals surface area contributed by atoms with Crippen LogP contribution < -0.4 is 5.32 Å². The number of azo groups is 1. The van der Waals surface area contributed by atoms with E-state index in [2.05, 4.69) is 15.5 Å². The quantitative estimate of drug-likeness (QED) is 0.650. The van der Waals surface area contributed by atoms with Crippen molar-refractivity contribution in [1.29, 1.82) is 0 Å². The Morgan fingerprint density at radius 2 is 1.69 bits per heavy atom. The average molecular weight is 182 g/mol. The molecule has 0 spiro atoms. The van der Waals surface area contributed by atoms with Crippen LogP contribution in [0, 0.1) is 0 Å². The molecule has 0 unspecified atom stereocenters. The van der Waals surface area contributed by atoms with Crippen molar-refractivity contribution in [3.05, 3.63) is 0 Å². The summed E-state index contributed by atoms with van der Waals surface area (Å²) < 4.78 is 0. The molecule has 6 heteroatoms. The lowest BCUT2D eigenvalue weighted by molar-refractivity contribution is 0.178. The van der Waals surface area contributed by atoms with E-state index in [9.17, 15) is 9.59 Å². The Bertz CT molecular complexity index is 252. The van der Waals surface area contributed by atoms with E-state index in [-0.39, 0.29) is 6.04 Å². The number of amides is 4. The maximum atomic E-state index is 11.1. The molecule has 0 saturated carbocycles. The van der Waals surface area contributed by atoms with E-state index in [1.165, 1.54) is 0 Å². The zero-order valence-corrected chi connectivity index (χ0v) is 7.06. The molecule has 2 aliphatic heterocycles. The molecule has 2 heterocycles. The first-order valence-electron chi connectivity index (χ1n) is 4.28. The van der Waals surface area contributed by atoms with E-state index in [0.29, 0.717) is 0 Å². The first-order chi connectivity index (χ1) is 6.29. The van der Waals surface area contributed by atoms with Gasteiger partial charge in [-0.25, -0.2) is 14.5 Å². The summed E-state index contributed by atoms with van der Waals surface area (Å²) in [7, 11) is 0. The second-order valence-electron chi connectivity index (χ2n) is 3.12. The van der Waals surface area contributed by atoms with Gasteiger partial charge in [0.05, 0.1) is 0 Å². The summed E-state index contributed by atoms with van der Waals surface area (Å²) in [6.07, 6.45) is 1.59. The topological polar surface area (TPSA) is 74.1 Å². The summed E-state index contributed by atoms with van der Waals surface area (Å²) in [6.45, 7) is 1.67. The molecule has 0 aromatic rings.